The lowest BCUT2D eigenvalue weighted by atomic mass is 10.2. The summed E-state index contributed by atoms with van der Waals surface area (Å²) in [5.74, 6) is 0.378. The van der Waals surface area contributed by atoms with Gasteiger partial charge in [-0.05, 0) is 26.2 Å². The van der Waals surface area contributed by atoms with E-state index in [-0.39, 0.29) is 12.5 Å². The first-order valence-corrected chi connectivity index (χ1v) is 6.83. The van der Waals surface area contributed by atoms with Crippen LogP contribution in [0.4, 0.5) is 0 Å². The monoisotopic (exact) mass is 270 g/mol. The summed E-state index contributed by atoms with van der Waals surface area (Å²) in [6.45, 7) is 4.64. The van der Waals surface area contributed by atoms with Gasteiger partial charge in [-0.2, -0.15) is 4.98 Å². The van der Waals surface area contributed by atoms with Crippen molar-refractivity contribution in [2.75, 3.05) is 6.61 Å². The van der Waals surface area contributed by atoms with E-state index in [1.54, 1.807) is 0 Å². The smallest absolute Gasteiger partial charge is 0.303 e. The van der Waals surface area contributed by atoms with Crippen molar-refractivity contribution < 1.29 is 19.2 Å². The highest BCUT2D eigenvalue weighted by atomic mass is 16.5. The lowest BCUT2D eigenvalue weighted by Crippen LogP contribution is -2.06. The second-order valence-corrected chi connectivity index (χ2v) is 4.38. The van der Waals surface area contributed by atoms with Gasteiger partial charge in [0.1, 0.15) is 6.10 Å². The fraction of sp³-hybridized carbons (Fsp3) is 0.769. The van der Waals surface area contributed by atoms with Gasteiger partial charge in [0.2, 0.25) is 11.7 Å². The van der Waals surface area contributed by atoms with Crippen LogP contribution in [0.15, 0.2) is 4.52 Å². The van der Waals surface area contributed by atoms with E-state index in [1.807, 2.05) is 6.92 Å². The Morgan fingerprint density at radius 2 is 2.21 bits per heavy atom. The van der Waals surface area contributed by atoms with Gasteiger partial charge in [-0.1, -0.05) is 18.5 Å². The molecule has 1 atom stereocenters. The van der Waals surface area contributed by atoms with Crippen LogP contribution in [0.5, 0.6) is 0 Å². The summed E-state index contributed by atoms with van der Waals surface area (Å²) >= 11 is 0. The molecular weight excluding hydrogens is 248 g/mol. The number of unbranched alkanes of at least 4 members (excludes halogenated alkanes) is 1. The Kier molecular flexibility index (Phi) is 7.10. The Morgan fingerprint density at radius 1 is 1.42 bits per heavy atom. The van der Waals surface area contributed by atoms with Crippen LogP contribution in [0.2, 0.25) is 0 Å². The van der Waals surface area contributed by atoms with Gasteiger partial charge in [0, 0.05) is 19.4 Å². The predicted octanol–water partition coefficient (Wildman–Crippen LogP) is 2.74. The molecular formula is C13H22N2O4. The van der Waals surface area contributed by atoms with Crippen LogP contribution < -0.4 is 0 Å². The number of carboxylic acid groups (broad SMARTS) is 1. The minimum absolute atomic E-state index is 0.105. The fourth-order valence-electron chi connectivity index (χ4n) is 1.80. The van der Waals surface area contributed by atoms with Gasteiger partial charge in [0.05, 0.1) is 0 Å². The summed E-state index contributed by atoms with van der Waals surface area (Å²) in [4.78, 5) is 14.7. The molecule has 0 spiro atoms. The van der Waals surface area contributed by atoms with Crippen LogP contribution in [0.25, 0.3) is 0 Å². The second kappa shape index (κ2) is 8.63. The van der Waals surface area contributed by atoms with Crippen molar-refractivity contribution in [2.45, 2.75) is 58.5 Å². The standard InChI is InChI=1S/C13H22N2O4/c1-3-7-10(18-4-2)13-14-11(19-15-13)8-5-6-9-12(16)17/h10H,3-9H2,1-2H3,(H,16,17). The molecule has 6 heteroatoms. The molecule has 0 radical (unpaired) electrons. The molecule has 0 aromatic carbocycles. The van der Waals surface area contributed by atoms with Gasteiger partial charge in [0.15, 0.2) is 0 Å². The summed E-state index contributed by atoms with van der Waals surface area (Å²) in [7, 11) is 0. The fourth-order valence-corrected chi connectivity index (χ4v) is 1.80. The molecule has 0 aliphatic carbocycles. The Balaban J connectivity index is 2.43. The van der Waals surface area contributed by atoms with Gasteiger partial charge in [-0.25, -0.2) is 0 Å². The third-order valence-corrected chi connectivity index (χ3v) is 2.72. The second-order valence-electron chi connectivity index (χ2n) is 4.38. The Hall–Kier alpha value is -1.43. The first-order chi connectivity index (χ1) is 9.17. The zero-order valence-electron chi connectivity index (χ0n) is 11.6. The van der Waals surface area contributed by atoms with Gasteiger partial charge < -0.3 is 14.4 Å². The van der Waals surface area contributed by atoms with E-state index >= 15 is 0 Å². The largest absolute Gasteiger partial charge is 0.481 e. The number of hydrogen-bond acceptors (Lipinski definition) is 5. The van der Waals surface area contributed by atoms with E-state index in [1.165, 1.54) is 0 Å². The maximum absolute atomic E-state index is 10.4. The minimum Gasteiger partial charge on any atom is -0.481 e. The predicted molar refractivity (Wildman–Crippen MR) is 68.8 cm³/mol. The van der Waals surface area contributed by atoms with Crippen LogP contribution in [-0.4, -0.2) is 27.8 Å². The molecule has 0 fully saturated rings. The molecule has 1 aromatic heterocycles. The lowest BCUT2D eigenvalue weighted by molar-refractivity contribution is -0.137. The summed E-state index contributed by atoms with van der Waals surface area (Å²) < 4.78 is 10.7. The van der Waals surface area contributed by atoms with Crippen LogP contribution >= 0.6 is 0 Å². The van der Waals surface area contributed by atoms with E-state index in [4.69, 9.17) is 14.4 Å². The zero-order chi connectivity index (χ0) is 14.1. The van der Waals surface area contributed by atoms with E-state index in [0.29, 0.717) is 31.2 Å². The Labute approximate surface area is 113 Å². The quantitative estimate of drug-likeness (QED) is 0.658. The molecule has 1 unspecified atom stereocenters. The summed E-state index contributed by atoms with van der Waals surface area (Å²) in [5.41, 5.74) is 0. The molecule has 1 heterocycles. The van der Waals surface area contributed by atoms with E-state index in [2.05, 4.69) is 17.1 Å². The van der Waals surface area contributed by atoms with E-state index < -0.39 is 5.97 Å². The van der Waals surface area contributed by atoms with Crippen LogP contribution in [0.1, 0.15) is 63.8 Å². The number of aromatic nitrogens is 2. The number of hydrogen-bond donors (Lipinski definition) is 1. The summed E-state index contributed by atoms with van der Waals surface area (Å²) in [6.07, 6.45) is 3.91. The molecule has 0 saturated carbocycles. The normalized spacial score (nSPS) is 12.5. The molecule has 19 heavy (non-hydrogen) atoms. The van der Waals surface area contributed by atoms with Crippen molar-refractivity contribution in [3.05, 3.63) is 11.7 Å². The first kappa shape index (κ1) is 15.6. The molecule has 0 saturated heterocycles. The first-order valence-electron chi connectivity index (χ1n) is 6.83. The van der Waals surface area contributed by atoms with Gasteiger partial charge >= 0.3 is 5.97 Å². The topological polar surface area (TPSA) is 85.5 Å². The third kappa shape index (κ3) is 5.83. The van der Waals surface area contributed by atoms with Crippen molar-refractivity contribution in [1.82, 2.24) is 10.1 Å². The number of carboxylic acids is 1. The minimum atomic E-state index is -0.773. The zero-order valence-corrected chi connectivity index (χ0v) is 11.6. The Bertz CT molecular complexity index is 372. The number of aryl methyl sites for hydroxylation is 1. The van der Waals surface area contributed by atoms with E-state index in [0.717, 1.165) is 19.3 Å². The molecule has 1 aromatic rings. The number of carbonyl (C=O) groups is 1. The molecule has 1 N–H and O–H groups in total. The average Bonchev–Trinajstić information content (AvgIpc) is 2.83. The van der Waals surface area contributed by atoms with E-state index in [9.17, 15) is 4.79 Å². The van der Waals surface area contributed by atoms with Gasteiger partial charge in [0.25, 0.3) is 0 Å². The van der Waals surface area contributed by atoms with Gasteiger partial charge in [-0.3, -0.25) is 4.79 Å². The maximum Gasteiger partial charge on any atom is 0.303 e. The summed E-state index contributed by atoms with van der Waals surface area (Å²) in [5, 5.41) is 12.5. The maximum atomic E-state index is 10.4. The number of aliphatic carboxylic acids is 1. The molecule has 108 valence electrons. The number of ether oxygens (including phenoxy) is 1. The Morgan fingerprint density at radius 3 is 2.84 bits per heavy atom. The molecule has 1 rings (SSSR count). The van der Waals surface area contributed by atoms with Crippen LogP contribution in [0, 0.1) is 0 Å². The van der Waals surface area contributed by atoms with Crippen molar-refractivity contribution >= 4 is 5.97 Å². The van der Waals surface area contributed by atoms with Crippen molar-refractivity contribution in [1.29, 1.82) is 0 Å². The number of nitrogens with zero attached hydrogens (tertiary/aromatic N) is 2. The average molecular weight is 270 g/mol. The highest BCUT2D eigenvalue weighted by Gasteiger charge is 2.17. The van der Waals surface area contributed by atoms with Crippen LogP contribution in [-0.2, 0) is 16.0 Å². The third-order valence-electron chi connectivity index (χ3n) is 2.72. The summed E-state index contributed by atoms with van der Waals surface area (Å²) in [6, 6.07) is 0. The highest BCUT2D eigenvalue weighted by molar-refractivity contribution is 5.66. The molecule has 0 bridgehead atoms. The lowest BCUT2D eigenvalue weighted by Gasteiger charge is -2.11. The number of rotatable bonds is 10. The molecule has 0 aliphatic rings. The molecule has 6 nitrogen and oxygen atoms in total. The van der Waals surface area contributed by atoms with Crippen molar-refractivity contribution in [3.8, 4) is 0 Å². The van der Waals surface area contributed by atoms with Gasteiger partial charge in [-0.15, -0.1) is 0 Å². The van der Waals surface area contributed by atoms with Crippen molar-refractivity contribution in [3.63, 3.8) is 0 Å². The van der Waals surface area contributed by atoms with Crippen LogP contribution in [0.3, 0.4) is 0 Å². The molecule has 0 amide bonds. The van der Waals surface area contributed by atoms with Crippen molar-refractivity contribution in [2.24, 2.45) is 0 Å². The highest BCUT2D eigenvalue weighted by Crippen LogP contribution is 2.20. The SMILES string of the molecule is CCCC(OCC)c1noc(CCCCC(=O)O)n1. The molecule has 0 aliphatic heterocycles.